The third-order valence-electron chi connectivity index (χ3n) is 3.42. The number of nitrogen functional groups attached to an aromatic ring is 1. The molecule has 1 aromatic carbocycles. The summed E-state index contributed by atoms with van der Waals surface area (Å²) in [6.07, 6.45) is -0.497. The second kappa shape index (κ2) is 4.83. The smallest absolute Gasteiger partial charge is 0.307 e. The third kappa shape index (κ3) is 2.34. The molecule has 116 valence electrons. The zero-order chi connectivity index (χ0) is 16.1. The van der Waals surface area contributed by atoms with Gasteiger partial charge in [0.15, 0.2) is 0 Å². The van der Waals surface area contributed by atoms with Crippen molar-refractivity contribution in [3.05, 3.63) is 24.0 Å². The van der Waals surface area contributed by atoms with Crippen molar-refractivity contribution >= 4 is 38.8 Å². The highest BCUT2D eigenvalue weighted by Gasteiger charge is 2.40. The van der Waals surface area contributed by atoms with Gasteiger partial charge in [0.1, 0.15) is 16.9 Å². The Morgan fingerprint density at radius 3 is 2.68 bits per heavy atom. The number of hydrogen-bond donors (Lipinski definition) is 1. The van der Waals surface area contributed by atoms with Crippen LogP contribution < -0.4 is 10.6 Å². The van der Waals surface area contributed by atoms with Gasteiger partial charge in [-0.15, -0.1) is 3.89 Å². The van der Waals surface area contributed by atoms with Crippen LogP contribution in [0.3, 0.4) is 0 Å². The second-order valence-corrected chi connectivity index (χ2v) is 6.47. The number of nitrogens with zero attached hydrogens (tertiary/aromatic N) is 3. The Kier molecular flexibility index (Phi) is 3.20. The van der Waals surface area contributed by atoms with E-state index in [1.165, 1.54) is 18.2 Å². The van der Waals surface area contributed by atoms with E-state index in [1.807, 2.05) is 0 Å². The van der Waals surface area contributed by atoms with Crippen LogP contribution in [0.25, 0.3) is 10.9 Å². The molecule has 1 aliphatic heterocycles. The van der Waals surface area contributed by atoms with Gasteiger partial charge in [-0.05, 0) is 12.1 Å². The predicted octanol–water partition coefficient (Wildman–Crippen LogP) is 0.756. The van der Waals surface area contributed by atoms with Crippen molar-refractivity contribution in [1.82, 2.24) is 9.97 Å². The van der Waals surface area contributed by atoms with Gasteiger partial charge in [-0.2, -0.15) is 13.4 Å². The number of anilines is 2. The molecular weight excluding hydrogens is 318 g/mol. The summed E-state index contributed by atoms with van der Waals surface area (Å²) >= 11 is 0. The Balaban J connectivity index is 2.06. The summed E-state index contributed by atoms with van der Waals surface area (Å²) in [5.41, 5.74) is 5.84. The fourth-order valence-electron chi connectivity index (χ4n) is 2.33. The van der Waals surface area contributed by atoms with E-state index in [0.717, 1.165) is 4.90 Å². The Morgan fingerprint density at radius 2 is 2.05 bits per heavy atom. The fourth-order valence-corrected chi connectivity index (χ4v) is 3.00. The van der Waals surface area contributed by atoms with Gasteiger partial charge in [0.2, 0.25) is 11.9 Å². The molecule has 1 aliphatic rings. The molecule has 10 heteroatoms. The predicted molar refractivity (Wildman–Crippen MR) is 74.7 cm³/mol. The minimum absolute atomic E-state index is 0.00700. The number of rotatable bonds is 2. The molecule has 7 nitrogen and oxygen atoms in total. The number of benzene rings is 1. The summed E-state index contributed by atoms with van der Waals surface area (Å²) in [5, 5.41) is -1.46. The van der Waals surface area contributed by atoms with Gasteiger partial charge in [0.05, 0.1) is 10.9 Å². The van der Waals surface area contributed by atoms with Crippen molar-refractivity contribution in [2.45, 2.75) is 11.7 Å². The minimum Gasteiger partial charge on any atom is -0.383 e. The Bertz CT molecular complexity index is 887. The molecule has 0 bridgehead atoms. The first kappa shape index (κ1) is 14.6. The van der Waals surface area contributed by atoms with Crippen LogP contribution in [-0.2, 0) is 15.0 Å². The van der Waals surface area contributed by atoms with Crippen molar-refractivity contribution in [2.75, 3.05) is 17.2 Å². The maximum atomic E-state index is 13.7. The van der Waals surface area contributed by atoms with Crippen LogP contribution in [0, 0.1) is 5.82 Å². The van der Waals surface area contributed by atoms with E-state index in [0.29, 0.717) is 0 Å². The number of amides is 1. The maximum absolute atomic E-state index is 13.7. The molecule has 1 atom stereocenters. The number of hydrogen-bond acceptors (Lipinski definition) is 6. The van der Waals surface area contributed by atoms with Crippen LogP contribution in [0.5, 0.6) is 0 Å². The lowest BCUT2D eigenvalue weighted by molar-refractivity contribution is -0.117. The van der Waals surface area contributed by atoms with Crippen LogP contribution in [0.4, 0.5) is 20.0 Å². The molecule has 0 saturated carbocycles. The minimum atomic E-state index is -4.85. The van der Waals surface area contributed by atoms with Crippen LogP contribution in [0.2, 0.25) is 0 Å². The number of carbonyl (C=O) groups excluding carboxylic acids is 1. The molecule has 3 rings (SSSR count). The average Bonchev–Trinajstić information content (AvgIpc) is 2.80. The monoisotopic (exact) mass is 328 g/mol. The van der Waals surface area contributed by atoms with Gasteiger partial charge in [-0.3, -0.25) is 9.69 Å². The standard InChI is InChI=1S/C12H10F2N4O3S/c13-7-2-1-3-8-10(7)11(15)17-12(16-8)18-5-6(4-9(18)19)22(14,20)21/h1-3,6H,4-5H2,(H2,15,16,17). The average molecular weight is 328 g/mol. The number of aromatic nitrogens is 2. The van der Waals surface area contributed by atoms with Crippen molar-refractivity contribution in [2.24, 2.45) is 0 Å². The van der Waals surface area contributed by atoms with Crippen molar-refractivity contribution in [3.63, 3.8) is 0 Å². The number of nitrogens with two attached hydrogens (primary N) is 1. The molecule has 1 fully saturated rings. The molecule has 2 heterocycles. The summed E-state index contributed by atoms with van der Waals surface area (Å²) in [6, 6.07) is 4.08. The van der Waals surface area contributed by atoms with E-state index in [9.17, 15) is 21.5 Å². The highest BCUT2D eigenvalue weighted by molar-refractivity contribution is 7.87. The normalized spacial score (nSPS) is 19.1. The topological polar surface area (TPSA) is 106 Å². The van der Waals surface area contributed by atoms with E-state index in [1.54, 1.807) is 0 Å². The number of fused-ring (bicyclic) bond motifs is 1. The van der Waals surface area contributed by atoms with Gasteiger partial charge in [0, 0.05) is 13.0 Å². The third-order valence-corrected chi connectivity index (χ3v) is 4.53. The molecule has 1 unspecified atom stereocenters. The SMILES string of the molecule is Nc1nc(N2CC(S(=O)(=O)F)CC2=O)nc2cccc(F)c12. The van der Waals surface area contributed by atoms with Crippen LogP contribution in [0.15, 0.2) is 18.2 Å². The lowest BCUT2D eigenvalue weighted by Crippen LogP contribution is -2.29. The Morgan fingerprint density at radius 1 is 1.32 bits per heavy atom. The van der Waals surface area contributed by atoms with E-state index in [4.69, 9.17) is 5.73 Å². The molecule has 1 saturated heterocycles. The lowest BCUT2D eigenvalue weighted by Gasteiger charge is -2.15. The molecule has 0 spiro atoms. The van der Waals surface area contributed by atoms with E-state index in [2.05, 4.69) is 9.97 Å². The first-order valence-electron chi connectivity index (χ1n) is 6.23. The van der Waals surface area contributed by atoms with Crippen molar-refractivity contribution in [3.8, 4) is 0 Å². The van der Waals surface area contributed by atoms with Gasteiger partial charge >= 0.3 is 10.2 Å². The molecule has 0 aliphatic carbocycles. The zero-order valence-corrected chi connectivity index (χ0v) is 11.8. The molecular formula is C12H10F2N4O3S. The number of carbonyl (C=O) groups is 1. The van der Waals surface area contributed by atoms with E-state index >= 15 is 0 Å². The summed E-state index contributed by atoms with van der Waals surface area (Å²) in [5.74, 6) is -1.61. The largest absolute Gasteiger partial charge is 0.383 e. The fraction of sp³-hybridized carbons (Fsp3) is 0.250. The molecule has 2 aromatic rings. The van der Waals surface area contributed by atoms with Crippen LogP contribution >= 0.6 is 0 Å². The maximum Gasteiger partial charge on any atom is 0.307 e. The molecule has 2 N–H and O–H groups in total. The van der Waals surface area contributed by atoms with Gasteiger partial charge in [-0.1, -0.05) is 6.07 Å². The van der Waals surface area contributed by atoms with E-state index in [-0.39, 0.29) is 22.7 Å². The molecule has 22 heavy (non-hydrogen) atoms. The molecule has 1 amide bonds. The number of halogens is 2. The van der Waals surface area contributed by atoms with Crippen molar-refractivity contribution in [1.29, 1.82) is 0 Å². The van der Waals surface area contributed by atoms with Gasteiger partial charge < -0.3 is 5.73 Å². The summed E-state index contributed by atoms with van der Waals surface area (Å²) < 4.78 is 48.5. The highest BCUT2D eigenvalue weighted by atomic mass is 32.3. The van der Waals surface area contributed by atoms with Crippen LogP contribution in [0.1, 0.15) is 6.42 Å². The summed E-state index contributed by atoms with van der Waals surface area (Å²) in [6.45, 7) is -0.405. The molecule has 0 radical (unpaired) electrons. The summed E-state index contributed by atoms with van der Waals surface area (Å²) in [7, 11) is -4.85. The Labute approximate surface area is 124 Å². The highest BCUT2D eigenvalue weighted by Crippen LogP contribution is 2.28. The first-order chi connectivity index (χ1) is 10.3. The van der Waals surface area contributed by atoms with E-state index < -0.39 is 40.2 Å². The second-order valence-electron chi connectivity index (χ2n) is 4.85. The van der Waals surface area contributed by atoms with Gasteiger partial charge in [-0.25, -0.2) is 9.37 Å². The zero-order valence-electron chi connectivity index (χ0n) is 11.0. The Hall–Kier alpha value is -2.36. The first-order valence-corrected chi connectivity index (χ1v) is 7.67. The quantitative estimate of drug-likeness (QED) is 0.816. The van der Waals surface area contributed by atoms with Crippen LogP contribution in [-0.4, -0.2) is 36.1 Å². The van der Waals surface area contributed by atoms with Gasteiger partial charge in [0.25, 0.3) is 0 Å². The lowest BCUT2D eigenvalue weighted by atomic mass is 10.2. The van der Waals surface area contributed by atoms with Crippen molar-refractivity contribution < 1.29 is 21.5 Å². The molecule has 1 aromatic heterocycles. The summed E-state index contributed by atoms with van der Waals surface area (Å²) in [4.78, 5) is 20.6.